The van der Waals surface area contributed by atoms with Gasteiger partial charge in [-0.25, -0.2) is 4.79 Å². The molecule has 0 aliphatic rings. The fourth-order valence-electron chi connectivity index (χ4n) is 2.02. The summed E-state index contributed by atoms with van der Waals surface area (Å²) in [6, 6.07) is 7.61. The van der Waals surface area contributed by atoms with Gasteiger partial charge in [-0.2, -0.15) is 4.39 Å². The number of ketones is 1. The molecular formula is C14H16FNO5. The van der Waals surface area contributed by atoms with E-state index in [4.69, 9.17) is 0 Å². The molecule has 7 heteroatoms. The smallest absolute Gasteiger partial charge is 0.458 e. The number of Topliss-reactive ketones (excluding diaryl/α,β-unsaturated/α-hetero) is 1. The highest BCUT2D eigenvalue weighted by atomic mass is 19.1. The number of nitrogens with zero attached hydrogens (tertiary/aromatic N) is 1. The van der Waals surface area contributed by atoms with Crippen molar-refractivity contribution in [2.45, 2.75) is 32.0 Å². The molecule has 0 spiro atoms. The fourth-order valence-corrected chi connectivity index (χ4v) is 2.02. The van der Waals surface area contributed by atoms with Crippen LogP contribution >= 0.6 is 0 Å². The summed E-state index contributed by atoms with van der Waals surface area (Å²) in [6.07, 6.45) is -0.472. The van der Waals surface area contributed by atoms with Crippen molar-refractivity contribution in [1.82, 2.24) is 0 Å². The first-order valence-electron chi connectivity index (χ1n) is 6.39. The maximum absolute atomic E-state index is 14.9. The summed E-state index contributed by atoms with van der Waals surface area (Å²) in [5, 5.41) is 11.2. The second kappa shape index (κ2) is 6.92. The van der Waals surface area contributed by atoms with Gasteiger partial charge in [0.15, 0.2) is 0 Å². The highest BCUT2D eigenvalue weighted by Crippen LogP contribution is 2.36. The molecule has 0 bridgehead atoms. The Hall–Kier alpha value is -2.31. The zero-order valence-electron chi connectivity index (χ0n) is 11.7. The van der Waals surface area contributed by atoms with Gasteiger partial charge >= 0.3 is 11.8 Å². The van der Waals surface area contributed by atoms with Crippen molar-refractivity contribution >= 4 is 11.8 Å². The van der Waals surface area contributed by atoms with Gasteiger partial charge in [-0.3, -0.25) is 14.9 Å². The molecule has 0 fully saturated rings. The van der Waals surface area contributed by atoms with Crippen LogP contribution in [0.1, 0.15) is 31.7 Å². The van der Waals surface area contributed by atoms with Crippen LogP contribution in [-0.2, 0) is 14.3 Å². The molecule has 1 rings (SSSR count). The van der Waals surface area contributed by atoms with Crippen molar-refractivity contribution in [3.8, 4) is 0 Å². The van der Waals surface area contributed by atoms with E-state index in [0.717, 1.165) is 0 Å². The molecule has 1 aromatic rings. The van der Waals surface area contributed by atoms with E-state index in [1.54, 1.807) is 18.2 Å². The number of carbonyl (C=O) groups is 2. The minimum Gasteiger partial charge on any atom is -0.458 e. The molecule has 0 heterocycles. The molecule has 114 valence electrons. The van der Waals surface area contributed by atoms with Crippen molar-refractivity contribution in [1.29, 1.82) is 0 Å². The molecule has 2 unspecified atom stereocenters. The molecule has 0 saturated heterocycles. The van der Waals surface area contributed by atoms with Crippen LogP contribution in [-0.4, -0.2) is 29.1 Å². The zero-order chi connectivity index (χ0) is 16.0. The van der Waals surface area contributed by atoms with E-state index in [9.17, 15) is 24.1 Å². The summed E-state index contributed by atoms with van der Waals surface area (Å²) in [5.41, 5.74) is 0.194. The number of rotatable bonds is 7. The Balaban J connectivity index is 3.34. The zero-order valence-corrected chi connectivity index (χ0v) is 11.7. The molecule has 2 atom stereocenters. The Morgan fingerprint density at radius 2 is 1.95 bits per heavy atom. The summed E-state index contributed by atoms with van der Waals surface area (Å²) in [7, 11) is 0. The maximum atomic E-state index is 14.9. The standard InChI is InChI=1S/C14H16FNO5/c1-3-21-13(18)14(15,16(19)20)12(9-10(2)17)11-7-5-4-6-8-11/h4-8,12H,3,9H2,1-2H3. The number of hydrogen-bond donors (Lipinski definition) is 0. The van der Waals surface area contributed by atoms with Gasteiger partial charge in [-0.1, -0.05) is 30.3 Å². The van der Waals surface area contributed by atoms with E-state index in [2.05, 4.69) is 4.74 Å². The number of alkyl halides is 1. The normalized spacial score (nSPS) is 14.8. The van der Waals surface area contributed by atoms with Crippen LogP contribution in [0, 0.1) is 10.1 Å². The van der Waals surface area contributed by atoms with Crippen molar-refractivity contribution in [3.05, 3.63) is 46.0 Å². The van der Waals surface area contributed by atoms with Gasteiger partial charge in [0.25, 0.3) is 0 Å². The lowest BCUT2D eigenvalue weighted by Gasteiger charge is -2.24. The van der Waals surface area contributed by atoms with Crippen LogP contribution in [0.5, 0.6) is 0 Å². The summed E-state index contributed by atoms with van der Waals surface area (Å²) >= 11 is 0. The van der Waals surface area contributed by atoms with Crippen LogP contribution in [0.25, 0.3) is 0 Å². The molecule has 21 heavy (non-hydrogen) atoms. The Labute approximate surface area is 121 Å². The Kier molecular flexibility index (Phi) is 5.52. The van der Waals surface area contributed by atoms with Crippen molar-refractivity contribution < 1.29 is 23.6 Å². The highest BCUT2D eigenvalue weighted by molar-refractivity contribution is 5.82. The summed E-state index contributed by atoms with van der Waals surface area (Å²) < 4.78 is 19.4. The topological polar surface area (TPSA) is 86.5 Å². The first-order chi connectivity index (χ1) is 9.83. The van der Waals surface area contributed by atoms with Gasteiger partial charge in [0.1, 0.15) is 11.7 Å². The van der Waals surface area contributed by atoms with E-state index in [1.165, 1.54) is 26.0 Å². The van der Waals surface area contributed by atoms with Crippen molar-refractivity contribution in [2.75, 3.05) is 6.61 Å². The quantitative estimate of drug-likeness (QED) is 0.333. The third kappa shape index (κ3) is 3.62. The minimum absolute atomic E-state index is 0.194. The van der Waals surface area contributed by atoms with Gasteiger partial charge in [0, 0.05) is 6.42 Å². The second-order valence-corrected chi connectivity index (χ2v) is 4.52. The van der Waals surface area contributed by atoms with Gasteiger partial charge < -0.3 is 4.74 Å². The van der Waals surface area contributed by atoms with Crippen LogP contribution < -0.4 is 0 Å². The first kappa shape index (κ1) is 16.7. The van der Waals surface area contributed by atoms with E-state index in [0.29, 0.717) is 0 Å². The summed E-state index contributed by atoms with van der Waals surface area (Å²) in [6.45, 7) is 2.40. The van der Waals surface area contributed by atoms with Gasteiger partial charge in [0.05, 0.1) is 11.5 Å². The molecule has 0 aliphatic carbocycles. The summed E-state index contributed by atoms with van der Waals surface area (Å²) in [4.78, 5) is 32.9. The van der Waals surface area contributed by atoms with Gasteiger partial charge in [-0.05, 0) is 19.4 Å². The molecule has 1 aromatic carbocycles. The minimum atomic E-state index is -3.50. The predicted molar refractivity (Wildman–Crippen MR) is 71.9 cm³/mol. The predicted octanol–water partition coefficient (Wildman–Crippen LogP) is 2.25. The van der Waals surface area contributed by atoms with Crippen molar-refractivity contribution in [2.24, 2.45) is 0 Å². The van der Waals surface area contributed by atoms with Crippen LogP contribution in [0.3, 0.4) is 0 Å². The Bertz CT molecular complexity index is 533. The SMILES string of the molecule is CCOC(=O)C(F)(C(CC(C)=O)c1ccccc1)[N+](=O)[O-]. The maximum Gasteiger partial charge on any atom is 0.461 e. The largest absolute Gasteiger partial charge is 0.461 e. The Morgan fingerprint density at radius 1 is 1.38 bits per heavy atom. The lowest BCUT2D eigenvalue weighted by Crippen LogP contribution is -2.49. The molecule has 0 aromatic heterocycles. The van der Waals surface area contributed by atoms with E-state index in [-0.39, 0.29) is 12.2 Å². The molecule has 6 nitrogen and oxygen atoms in total. The van der Waals surface area contributed by atoms with Gasteiger partial charge in [-0.15, -0.1) is 0 Å². The highest BCUT2D eigenvalue weighted by Gasteiger charge is 2.61. The molecular weight excluding hydrogens is 281 g/mol. The number of esters is 1. The molecule has 0 N–H and O–H groups in total. The Morgan fingerprint density at radius 3 is 2.38 bits per heavy atom. The van der Waals surface area contributed by atoms with Crippen molar-refractivity contribution in [3.63, 3.8) is 0 Å². The number of benzene rings is 1. The third-order valence-electron chi connectivity index (χ3n) is 2.98. The van der Waals surface area contributed by atoms with E-state index < -0.39 is 34.8 Å². The van der Waals surface area contributed by atoms with Crippen LogP contribution in [0.2, 0.25) is 0 Å². The number of ether oxygens (including phenoxy) is 1. The van der Waals surface area contributed by atoms with Crippen LogP contribution in [0.4, 0.5) is 4.39 Å². The molecule has 0 amide bonds. The number of nitro groups is 1. The molecule has 0 saturated carbocycles. The van der Waals surface area contributed by atoms with Gasteiger partial charge in [0.2, 0.25) is 0 Å². The first-order valence-corrected chi connectivity index (χ1v) is 6.39. The number of hydrogen-bond acceptors (Lipinski definition) is 5. The fraction of sp³-hybridized carbons (Fsp3) is 0.429. The average Bonchev–Trinajstić information content (AvgIpc) is 2.44. The van der Waals surface area contributed by atoms with E-state index in [1.807, 2.05) is 0 Å². The third-order valence-corrected chi connectivity index (χ3v) is 2.98. The lowest BCUT2D eigenvalue weighted by atomic mass is 9.85. The van der Waals surface area contributed by atoms with E-state index >= 15 is 0 Å². The monoisotopic (exact) mass is 297 g/mol. The number of halogens is 1. The van der Waals surface area contributed by atoms with Crippen LogP contribution in [0.15, 0.2) is 30.3 Å². The molecule has 0 aliphatic heterocycles. The second-order valence-electron chi connectivity index (χ2n) is 4.52. The molecule has 0 radical (unpaired) electrons. The average molecular weight is 297 g/mol. The lowest BCUT2D eigenvalue weighted by molar-refractivity contribution is -0.594. The number of carbonyl (C=O) groups excluding carboxylic acids is 2. The summed E-state index contributed by atoms with van der Waals surface area (Å²) in [5.74, 6) is -7.09.